The Morgan fingerprint density at radius 2 is 2.05 bits per heavy atom. The first-order chi connectivity index (χ1) is 10.3. The quantitative estimate of drug-likeness (QED) is 0.742. The average Bonchev–Trinajstić information content (AvgIpc) is 2.49. The van der Waals surface area contributed by atoms with Crippen LogP contribution in [0.4, 0.5) is 13.2 Å². The van der Waals surface area contributed by atoms with Crippen molar-refractivity contribution in [3.63, 3.8) is 0 Å². The monoisotopic (exact) mass is 314 g/mol. The number of nitrogens with one attached hydrogen (secondary N) is 1. The van der Waals surface area contributed by atoms with E-state index in [2.05, 4.69) is 18.3 Å². The summed E-state index contributed by atoms with van der Waals surface area (Å²) in [7, 11) is 0. The van der Waals surface area contributed by atoms with Crippen LogP contribution >= 0.6 is 0 Å². The minimum atomic E-state index is -4.64. The van der Waals surface area contributed by atoms with Crippen molar-refractivity contribution >= 4 is 12.2 Å². The summed E-state index contributed by atoms with van der Waals surface area (Å²) in [4.78, 5) is 23.0. The number of piperazine rings is 1. The Labute approximate surface area is 126 Å². The number of nitrogens with zero attached hydrogens (tertiary/aromatic N) is 1. The van der Waals surface area contributed by atoms with Crippen LogP contribution in [-0.2, 0) is 11.2 Å². The molecule has 0 aromatic heterocycles. The van der Waals surface area contributed by atoms with Crippen LogP contribution in [0.15, 0.2) is 18.2 Å². The summed E-state index contributed by atoms with van der Waals surface area (Å²) in [5.41, 5.74) is 3.41. The number of fused-ring (bicyclic) bond motifs is 2. The molecule has 0 bridgehead atoms. The van der Waals surface area contributed by atoms with Crippen molar-refractivity contribution in [2.24, 2.45) is 0 Å². The summed E-state index contributed by atoms with van der Waals surface area (Å²) in [6.45, 7) is 4.79. The largest absolute Gasteiger partial charge is 0.446 e. The smallest absolute Gasteiger partial charge is 0.333 e. The molecule has 1 aromatic carbocycles. The molecule has 0 aliphatic carbocycles. The second kappa shape index (κ2) is 6.48. The molecule has 0 unspecified atom stereocenters. The third kappa shape index (κ3) is 3.65. The highest BCUT2D eigenvalue weighted by atomic mass is 19.4. The van der Waals surface area contributed by atoms with Crippen molar-refractivity contribution in [2.45, 2.75) is 25.6 Å². The van der Waals surface area contributed by atoms with Gasteiger partial charge in [-0.3, -0.25) is 9.59 Å². The van der Waals surface area contributed by atoms with Gasteiger partial charge in [0.2, 0.25) is 6.29 Å². The molecule has 1 amide bonds. The number of rotatable bonds is 0. The highest BCUT2D eigenvalue weighted by Crippen LogP contribution is 2.26. The number of hydrogen-bond acceptors (Lipinski definition) is 3. The number of halogens is 3. The van der Waals surface area contributed by atoms with Gasteiger partial charge in [-0.15, -0.1) is 0 Å². The van der Waals surface area contributed by atoms with Crippen LogP contribution < -0.4 is 5.32 Å². The van der Waals surface area contributed by atoms with Crippen LogP contribution in [0.25, 0.3) is 0 Å². The van der Waals surface area contributed by atoms with Crippen LogP contribution in [0.5, 0.6) is 0 Å². The Morgan fingerprint density at radius 3 is 2.68 bits per heavy atom. The molecule has 2 aliphatic rings. The Hall–Kier alpha value is -1.89. The normalized spacial score (nSPS) is 20.5. The van der Waals surface area contributed by atoms with E-state index in [4.69, 9.17) is 4.79 Å². The standard InChI is InChI=1S/C13H16N2O.C2HF3O/c1-9-3-2-4-11-12(9)7-10-8-14-5-6-15(10)13(11)16;3-2(4,5)1-6/h2-4,10,14H,5-8H2,1H3;1H/t10-;/m1./s1. The van der Waals surface area contributed by atoms with E-state index in [0.29, 0.717) is 6.04 Å². The highest BCUT2D eigenvalue weighted by Gasteiger charge is 2.34. The molecule has 1 aromatic rings. The summed E-state index contributed by atoms with van der Waals surface area (Å²) >= 11 is 0. The lowest BCUT2D eigenvalue weighted by atomic mass is 9.89. The minimum Gasteiger partial charge on any atom is -0.333 e. The van der Waals surface area contributed by atoms with Gasteiger partial charge in [0.15, 0.2) is 0 Å². The predicted octanol–water partition coefficient (Wildman–Crippen LogP) is 1.71. The minimum absolute atomic E-state index is 0.219. The van der Waals surface area contributed by atoms with Crippen LogP contribution in [0.2, 0.25) is 0 Å². The van der Waals surface area contributed by atoms with E-state index in [1.807, 2.05) is 17.0 Å². The third-order valence-electron chi connectivity index (χ3n) is 3.83. The SMILES string of the molecule is Cc1cccc2c1C[C@@H]1CNCCN1C2=O.O=CC(F)(F)F. The summed E-state index contributed by atoms with van der Waals surface area (Å²) in [5, 5.41) is 3.36. The van der Waals surface area contributed by atoms with Crippen LogP contribution in [0.1, 0.15) is 21.5 Å². The molecule has 0 spiro atoms. The van der Waals surface area contributed by atoms with E-state index >= 15 is 0 Å². The second-order valence-corrected chi connectivity index (χ2v) is 5.32. The maximum absolute atomic E-state index is 12.3. The summed E-state index contributed by atoms with van der Waals surface area (Å²) in [6.07, 6.45) is -4.70. The molecule has 1 atom stereocenters. The van der Waals surface area contributed by atoms with E-state index in [9.17, 15) is 18.0 Å². The third-order valence-corrected chi connectivity index (χ3v) is 3.83. The van der Waals surface area contributed by atoms with Crippen LogP contribution in [0, 0.1) is 6.92 Å². The number of carbonyl (C=O) groups excluding carboxylic acids is 2. The molecule has 22 heavy (non-hydrogen) atoms. The number of benzene rings is 1. The molecule has 3 rings (SSSR count). The summed E-state index contributed by atoms with van der Waals surface area (Å²) in [5.74, 6) is 0.219. The van der Waals surface area contributed by atoms with Gasteiger partial charge in [-0.05, 0) is 30.5 Å². The lowest BCUT2D eigenvalue weighted by Gasteiger charge is -2.40. The van der Waals surface area contributed by atoms with Crippen molar-refractivity contribution in [1.29, 1.82) is 0 Å². The molecular formula is C15H17F3N2O2. The van der Waals surface area contributed by atoms with Crippen molar-refractivity contribution in [1.82, 2.24) is 10.2 Å². The van der Waals surface area contributed by atoms with Crippen molar-refractivity contribution in [2.75, 3.05) is 19.6 Å². The van der Waals surface area contributed by atoms with Gasteiger partial charge in [0.05, 0.1) is 0 Å². The molecule has 7 heteroatoms. The lowest BCUT2D eigenvalue weighted by molar-refractivity contribution is -0.156. The zero-order valence-electron chi connectivity index (χ0n) is 12.1. The topological polar surface area (TPSA) is 49.4 Å². The molecule has 1 fully saturated rings. The van der Waals surface area contributed by atoms with Crippen molar-refractivity contribution in [3.8, 4) is 0 Å². The number of aldehydes is 1. The molecule has 0 radical (unpaired) electrons. The van der Waals surface area contributed by atoms with E-state index in [1.165, 1.54) is 11.1 Å². The molecular weight excluding hydrogens is 297 g/mol. The van der Waals surface area contributed by atoms with E-state index in [-0.39, 0.29) is 5.91 Å². The van der Waals surface area contributed by atoms with Crippen LogP contribution in [0.3, 0.4) is 0 Å². The van der Waals surface area contributed by atoms with Crippen LogP contribution in [-0.4, -0.2) is 48.9 Å². The molecule has 2 aliphatic heterocycles. The highest BCUT2D eigenvalue weighted by molar-refractivity contribution is 5.97. The van der Waals surface area contributed by atoms with E-state index < -0.39 is 12.5 Å². The Balaban J connectivity index is 0.000000254. The maximum atomic E-state index is 12.3. The number of amides is 1. The number of carbonyl (C=O) groups is 2. The van der Waals surface area contributed by atoms with E-state index in [0.717, 1.165) is 31.6 Å². The first kappa shape index (κ1) is 16.5. The second-order valence-electron chi connectivity index (χ2n) is 5.32. The molecule has 2 heterocycles. The zero-order chi connectivity index (χ0) is 16.3. The molecule has 4 nitrogen and oxygen atoms in total. The van der Waals surface area contributed by atoms with Gasteiger partial charge in [-0.25, -0.2) is 0 Å². The Kier molecular flexibility index (Phi) is 4.85. The predicted molar refractivity (Wildman–Crippen MR) is 74.7 cm³/mol. The van der Waals surface area contributed by atoms with Crippen molar-refractivity contribution < 1.29 is 22.8 Å². The number of alkyl halides is 3. The van der Waals surface area contributed by atoms with Crippen molar-refractivity contribution in [3.05, 3.63) is 34.9 Å². The van der Waals surface area contributed by atoms with Gasteiger partial charge in [-0.2, -0.15) is 13.2 Å². The number of hydrogen-bond donors (Lipinski definition) is 1. The summed E-state index contributed by atoms with van der Waals surface area (Å²) < 4.78 is 31.2. The van der Waals surface area contributed by atoms with Gasteiger partial charge in [-0.1, -0.05) is 12.1 Å². The van der Waals surface area contributed by atoms with Gasteiger partial charge in [0.25, 0.3) is 5.91 Å². The Morgan fingerprint density at radius 1 is 1.36 bits per heavy atom. The lowest BCUT2D eigenvalue weighted by Crippen LogP contribution is -2.56. The molecule has 0 saturated carbocycles. The average molecular weight is 314 g/mol. The molecule has 1 saturated heterocycles. The number of aryl methyl sites for hydroxylation is 1. The fourth-order valence-corrected chi connectivity index (χ4v) is 2.77. The maximum Gasteiger partial charge on any atom is 0.446 e. The van der Waals surface area contributed by atoms with E-state index in [1.54, 1.807) is 0 Å². The molecule has 120 valence electrons. The zero-order valence-corrected chi connectivity index (χ0v) is 12.1. The summed E-state index contributed by atoms with van der Waals surface area (Å²) in [6, 6.07) is 6.39. The van der Waals surface area contributed by atoms with Gasteiger partial charge in [0, 0.05) is 31.2 Å². The molecule has 1 N–H and O–H groups in total. The van der Waals surface area contributed by atoms with Gasteiger partial charge in [0.1, 0.15) is 0 Å². The fourth-order valence-electron chi connectivity index (χ4n) is 2.77. The van der Waals surface area contributed by atoms with Gasteiger partial charge >= 0.3 is 6.18 Å². The first-order valence-corrected chi connectivity index (χ1v) is 6.96. The first-order valence-electron chi connectivity index (χ1n) is 6.96. The Bertz CT molecular complexity index is 572. The fraction of sp³-hybridized carbons (Fsp3) is 0.467. The van der Waals surface area contributed by atoms with Gasteiger partial charge < -0.3 is 10.2 Å².